The van der Waals surface area contributed by atoms with Crippen molar-refractivity contribution < 1.29 is 23.1 Å². The van der Waals surface area contributed by atoms with E-state index >= 15 is 0 Å². The molecule has 1 N–H and O–H groups in total. The largest absolute Gasteiger partial charge is 0.396 e. The maximum atomic E-state index is 12.2. The second-order valence-electron chi connectivity index (χ2n) is 5.35. The van der Waals surface area contributed by atoms with Gasteiger partial charge in [-0.2, -0.15) is 0 Å². The normalized spacial score (nSPS) is 19.7. The van der Waals surface area contributed by atoms with E-state index in [1.807, 2.05) is 0 Å². The number of hydrogen-bond donors (Lipinski definition) is 1. The molecule has 1 unspecified atom stereocenters. The SMILES string of the molecule is O=C(CCS(=O)(=O)c1ccccc1)N1CCOCC(CO)C1. The molecule has 1 aliphatic rings. The Labute approximate surface area is 130 Å². The summed E-state index contributed by atoms with van der Waals surface area (Å²) in [4.78, 5) is 14.0. The van der Waals surface area contributed by atoms with Gasteiger partial charge in [0, 0.05) is 32.0 Å². The maximum absolute atomic E-state index is 12.2. The molecule has 1 atom stereocenters. The fraction of sp³-hybridized carbons (Fsp3) is 0.533. The Bertz CT molecular complexity index is 587. The third kappa shape index (κ3) is 4.53. The van der Waals surface area contributed by atoms with Crippen LogP contribution in [0.15, 0.2) is 35.2 Å². The number of nitrogens with zero attached hydrogens (tertiary/aromatic N) is 1. The molecule has 1 aromatic carbocycles. The second kappa shape index (κ2) is 7.71. The van der Waals surface area contributed by atoms with E-state index in [1.165, 1.54) is 12.1 Å². The standard InChI is InChI=1S/C15H21NO5S/c17-11-13-10-16(7-8-21-12-13)15(18)6-9-22(19,20)14-4-2-1-3-5-14/h1-5,13,17H,6-12H2. The van der Waals surface area contributed by atoms with E-state index < -0.39 is 9.84 Å². The van der Waals surface area contributed by atoms with Gasteiger partial charge in [-0.1, -0.05) is 18.2 Å². The monoisotopic (exact) mass is 327 g/mol. The molecule has 0 saturated carbocycles. The van der Waals surface area contributed by atoms with Crippen molar-refractivity contribution in [2.45, 2.75) is 11.3 Å². The number of rotatable bonds is 5. The highest BCUT2D eigenvalue weighted by atomic mass is 32.2. The van der Waals surface area contributed by atoms with Crippen molar-refractivity contribution >= 4 is 15.7 Å². The van der Waals surface area contributed by atoms with Crippen molar-refractivity contribution in [2.75, 3.05) is 38.7 Å². The number of amides is 1. The van der Waals surface area contributed by atoms with Crippen molar-refractivity contribution in [1.29, 1.82) is 0 Å². The Balaban J connectivity index is 1.94. The Morgan fingerprint density at radius 2 is 2.05 bits per heavy atom. The minimum absolute atomic E-state index is 0.0495. The molecule has 1 amide bonds. The molecule has 22 heavy (non-hydrogen) atoms. The van der Waals surface area contributed by atoms with Gasteiger partial charge >= 0.3 is 0 Å². The summed E-state index contributed by atoms with van der Waals surface area (Å²) >= 11 is 0. The summed E-state index contributed by atoms with van der Waals surface area (Å²) in [6.45, 7) is 1.61. The van der Waals surface area contributed by atoms with Crippen LogP contribution in [0.1, 0.15) is 6.42 Å². The van der Waals surface area contributed by atoms with E-state index in [4.69, 9.17) is 4.74 Å². The number of carbonyl (C=O) groups excluding carboxylic acids is 1. The van der Waals surface area contributed by atoms with Crippen LogP contribution in [-0.2, 0) is 19.4 Å². The minimum atomic E-state index is -3.45. The molecule has 122 valence electrons. The third-order valence-electron chi connectivity index (χ3n) is 3.64. The fourth-order valence-corrected chi connectivity index (χ4v) is 3.59. The zero-order valence-electron chi connectivity index (χ0n) is 12.3. The first-order valence-corrected chi connectivity index (χ1v) is 8.92. The molecule has 1 aliphatic heterocycles. The average molecular weight is 327 g/mol. The van der Waals surface area contributed by atoms with Crippen LogP contribution in [0.3, 0.4) is 0 Å². The van der Waals surface area contributed by atoms with Crippen molar-refractivity contribution in [1.82, 2.24) is 4.90 Å². The summed E-state index contributed by atoms with van der Waals surface area (Å²) in [6.07, 6.45) is -0.0601. The lowest BCUT2D eigenvalue weighted by Crippen LogP contribution is -2.37. The maximum Gasteiger partial charge on any atom is 0.223 e. The first-order valence-electron chi connectivity index (χ1n) is 7.27. The second-order valence-corrected chi connectivity index (χ2v) is 7.45. The molecule has 0 bridgehead atoms. The predicted molar refractivity (Wildman–Crippen MR) is 81.1 cm³/mol. The highest BCUT2D eigenvalue weighted by Crippen LogP contribution is 2.13. The van der Waals surface area contributed by atoms with E-state index in [9.17, 15) is 18.3 Å². The van der Waals surface area contributed by atoms with Crippen molar-refractivity contribution in [2.24, 2.45) is 5.92 Å². The molecular weight excluding hydrogens is 306 g/mol. The van der Waals surface area contributed by atoms with Crippen LogP contribution in [0.25, 0.3) is 0 Å². The Hall–Kier alpha value is -1.44. The smallest absolute Gasteiger partial charge is 0.223 e. The number of aliphatic hydroxyl groups is 1. The first-order chi connectivity index (χ1) is 10.5. The van der Waals surface area contributed by atoms with Gasteiger partial charge in [0.05, 0.1) is 23.9 Å². The molecule has 1 aromatic rings. The molecule has 0 spiro atoms. The van der Waals surface area contributed by atoms with Gasteiger partial charge in [0.1, 0.15) is 0 Å². The molecule has 7 heteroatoms. The van der Waals surface area contributed by atoms with Gasteiger partial charge in [-0.05, 0) is 12.1 Å². The highest BCUT2D eigenvalue weighted by Gasteiger charge is 2.24. The number of sulfone groups is 1. The van der Waals surface area contributed by atoms with Gasteiger partial charge in [0.25, 0.3) is 0 Å². The lowest BCUT2D eigenvalue weighted by Gasteiger charge is -2.22. The van der Waals surface area contributed by atoms with Crippen molar-refractivity contribution in [3.05, 3.63) is 30.3 Å². The van der Waals surface area contributed by atoms with E-state index in [1.54, 1.807) is 23.1 Å². The van der Waals surface area contributed by atoms with E-state index in [-0.39, 0.29) is 35.5 Å². The summed E-state index contributed by atoms with van der Waals surface area (Å²) in [5.41, 5.74) is 0. The van der Waals surface area contributed by atoms with E-state index in [0.717, 1.165) is 0 Å². The summed E-state index contributed by atoms with van der Waals surface area (Å²) < 4.78 is 29.7. The van der Waals surface area contributed by atoms with Crippen LogP contribution < -0.4 is 0 Å². The molecular formula is C15H21NO5S. The first kappa shape index (κ1) is 16.9. The zero-order chi connectivity index (χ0) is 16.0. The zero-order valence-corrected chi connectivity index (χ0v) is 13.2. The lowest BCUT2D eigenvalue weighted by molar-refractivity contribution is -0.131. The topological polar surface area (TPSA) is 83.9 Å². The van der Waals surface area contributed by atoms with Gasteiger partial charge in [-0.25, -0.2) is 8.42 Å². The number of benzene rings is 1. The Morgan fingerprint density at radius 3 is 2.73 bits per heavy atom. The summed E-state index contributed by atoms with van der Waals surface area (Å²) in [5.74, 6) is -0.544. The van der Waals surface area contributed by atoms with Gasteiger partial charge < -0.3 is 14.7 Å². The van der Waals surface area contributed by atoms with Crippen molar-refractivity contribution in [3.63, 3.8) is 0 Å². The molecule has 1 saturated heterocycles. The van der Waals surface area contributed by atoms with Gasteiger partial charge in [0.15, 0.2) is 9.84 Å². The predicted octanol–water partition coefficient (Wildman–Crippen LogP) is 0.318. The minimum Gasteiger partial charge on any atom is -0.396 e. The lowest BCUT2D eigenvalue weighted by atomic mass is 10.1. The molecule has 6 nitrogen and oxygen atoms in total. The third-order valence-corrected chi connectivity index (χ3v) is 5.37. The van der Waals surface area contributed by atoms with Gasteiger partial charge in [-0.3, -0.25) is 4.79 Å². The summed E-state index contributed by atoms with van der Waals surface area (Å²) in [7, 11) is -3.45. The molecule has 1 heterocycles. The molecule has 0 aliphatic carbocycles. The fourth-order valence-electron chi connectivity index (χ4n) is 2.34. The van der Waals surface area contributed by atoms with E-state index in [2.05, 4.69) is 0 Å². The van der Waals surface area contributed by atoms with Crippen LogP contribution in [0.5, 0.6) is 0 Å². The molecule has 0 radical (unpaired) electrons. The van der Waals surface area contributed by atoms with E-state index in [0.29, 0.717) is 26.3 Å². The number of carbonyl (C=O) groups is 1. The number of ether oxygens (including phenoxy) is 1. The van der Waals surface area contributed by atoms with Crippen LogP contribution in [0, 0.1) is 5.92 Å². The van der Waals surface area contributed by atoms with Gasteiger partial charge in [-0.15, -0.1) is 0 Å². The number of aliphatic hydroxyl groups excluding tert-OH is 1. The van der Waals surface area contributed by atoms with Crippen LogP contribution in [0.2, 0.25) is 0 Å². The van der Waals surface area contributed by atoms with Gasteiger partial charge in [0.2, 0.25) is 5.91 Å². The quantitative estimate of drug-likeness (QED) is 0.842. The summed E-state index contributed by atoms with van der Waals surface area (Å²) in [6, 6.07) is 8.12. The molecule has 2 rings (SSSR count). The Morgan fingerprint density at radius 1 is 1.32 bits per heavy atom. The highest BCUT2D eigenvalue weighted by molar-refractivity contribution is 7.91. The van der Waals surface area contributed by atoms with Crippen LogP contribution >= 0.6 is 0 Å². The van der Waals surface area contributed by atoms with Crippen LogP contribution in [0.4, 0.5) is 0 Å². The Kier molecular flexibility index (Phi) is 5.93. The molecule has 1 fully saturated rings. The summed E-state index contributed by atoms with van der Waals surface area (Å²) in [5, 5.41) is 9.21. The number of hydrogen-bond acceptors (Lipinski definition) is 5. The van der Waals surface area contributed by atoms with Crippen molar-refractivity contribution in [3.8, 4) is 0 Å². The average Bonchev–Trinajstić information content (AvgIpc) is 2.79. The van der Waals surface area contributed by atoms with Crippen LogP contribution in [-0.4, -0.2) is 63.0 Å². The molecule has 0 aromatic heterocycles.